The average molecular weight is 598 g/mol. The Labute approximate surface area is 249 Å². The number of nitrogens with zero attached hydrogens (tertiary/aromatic N) is 3. The molecule has 0 unspecified atom stereocenters. The zero-order valence-electron chi connectivity index (χ0n) is 25.0. The third kappa shape index (κ3) is 5.66. The predicted octanol–water partition coefficient (Wildman–Crippen LogP) is 8.03. The molecular weight excluding hydrogens is 559 g/mol. The van der Waals surface area contributed by atoms with E-state index < -0.39 is 23.5 Å². The van der Waals surface area contributed by atoms with Crippen LogP contribution in [0.25, 0.3) is 11.1 Å². The molecule has 0 aliphatic heterocycles. The van der Waals surface area contributed by atoms with Crippen molar-refractivity contribution in [2.24, 2.45) is 5.41 Å². The SMILES string of the molecule is CC(C)(O)c1ccc(-c2cccc(N(CC34CCC(c5nc(C6CC6)no5)(CC3)C4)C(=O)OC(C)(C)C(F)(F)F)c2)cc1. The Bertz CT molecular complexity index is 1490. The van der Waals surface area contributed by atoms with Gasteiger partial charge in [0.05, 0.1) is 11.0 Å². The second-order valence-corrected chi connectivity index (χ2v) is 13.8. The van der Waals surface area contributed by atoms with Crippen LogP contribution in [0.4, 0.5) is 23.7 Å². The summed E-state index contributed by atoms with van der Waals surface area (Å²) >= 11 is 0. The lowest BCUT2D eigenvalue weighted by atomic mass is 9.81. The number of benzene rings is 2. The van der Waals surface area contributed by atoms with Crippen LogP contribution in [0.5, 0.6) is 0 Å². The van der Waals surface area contributed by atoms with Crippen molar-refractivity contribution in [3.05, 3.63) is 65.8 Å². The predicted molar refractivity (Wildman–Crippen MR) is 155 cm³/mol. The lowest BCUT2D eigenvalue weighted by molar-refractivity contribution is -0.243. The number of aliphatic hydroxyl groups is 1. The van der Waals surface area contributed by atoms with E-state index in [-0.39, 0.29) is 17.4 Å². The van der Waals surface area contributed by atoms with Gasteiger partial charge in [-0.1, -0.05) is 41.6 Å². The molecule has 7 nitrogen and oxygen atoms in total. The van der Waals surface area contributed by atoms with Crippen LogP contribution in [-0.2, 0) is 15.8 Å². The molecule has 6 rings (SSSR count). The molecule has 0 radical (unpaired) electrons. The summed E-state index contributed by atoms with van der Waals surface area (Å²) in [6, 6.07) is 14.6. The van der Waals surface area contributed by atoms with Crippen LogP contribution in [0.15, 0.2) is 53.1 Å². The van der Waals surface area contributed by atoms with Crippen LogP contribution < -0.4 is 4.90 Å². The Kier molecular flexibility index (Phi) is 6.95. The maximum absolute atomic E-state index is 13.8. The maximum Gasteiger partial charge on any atom is 0.427 e. The lowest BCUT2D eigenvalue weighted by Crippen LogP contribution is -2.49. The number of alkyl halides is 3. The highest BCUT2D eigenvalue weighted by molar-refractivity contribution is 5.89. The van der Waals surface area contributed by atoms with Crippen LogP contribution in [0.2, 0.25) is 0 Å². The third-order valence-electron chi connectivity index (χ3n) is 9.64. The smallest absolute Gasteiger partial charge is 0.427 e. The fraction of sp³-hybridized carbons (Fsp3) is 0.545. The number of hydrogen-bond acceptors (Lipinski definition) is 6. The van der Waals surface area contributed by atoms with Gasteiger partial charge in [-0.3, -0.25) is 4.90 Å². The Hall–Kier alpha value is -3.40. The minimum Gasteiger partial charge on any atom is -0.433 e. The summed E-state index contributed by atoms with van der Waals surface area (Å²) in [7, 11) is 0. The number of anilines is 1. The van der Waals surface area contributed by atoms with E-state index in [4.69, 9.17) is 14.2 Å². The van der Waals surface area contributed by atoms with E-state index in [2.05, 4.69) is 5.16 Å². The first-order chi connectivity index (χ1) is 20.1. The fourth-order valence-corrected chi connectivity index (χ4v) is 6.64. The van der Waals surface area contributed by atoms with Gasteiger partial charge in [0.15, 0.2) is 5.82 Å². The topological polar surface area (TPSA) is 88.7 Å². The standard InChI is InChI=1S/C33H38F3N3O4/c1-29(2,41)24-12-10-21(11-13-24)23-6-5-7-25(18-23)39(28(40)42-30(3,4)33(34,35)36)20-31-14-16-32(19-31,17-15-31)27-37-26(38-43-27)22-8-9-22/h5-7,10-13,18,22,41H,8-9,14-17,19-20H2,1-4H3. The lowest BCUT2D eigenvalue weighted by Gasteiger charge is -2.36. The minimum absolute atomic E-state index is 0.215. The van der Waals surface area contributed by atoms with Gasteiger partial charge in [-0.2, -0.15) is 18.2 Å². The Morgan fingerprint density at radius 1 is 1.02 bits per heavy atom. The van der Waals surface area contributed by atoms with E-state index >= 15 is 0 Å². The second-order valence-electron chi connectivity index (χ2n) is 13.8. The molecule has 3 aliphatic rings. The van der Waals surface area contributed by atoms with E-state index in [0.29, 0.717) is 17.5 Å². The van der Waals surface area contributed by atoms with Gasteiger partial charge >= 0.3 is 12.3 Å². The van der Waals surface area contributed by atoms with Gasteiger partial charge in [0.1, 0.15) is 0 Å². The van der Waals surface area contributed by atoms with E-state index in [1.54, 1.807) is 32.0 Å². The molecule has 1 N–H and O–H groups in total. The largest absolute Gasteiger partial charge is 0.433 e. The van der Waals surface area contributed by atoms with Crippen molar-refractivity contribution in [1.29, 1.82) is 0 Å². The number of ether oxygens (including phenoxy) is 1. The zero-order chi connectivity index (χ0) is 30.8. The van der Waals surface area contributed by atoms with E-state index in [9.17, 15) is 23.1 Å². The summed E-state index contributed by atoms with van der Waals surface area (Å²) in [5, 5.41) is 14.6. The first-order valence-corrected chi connectivity index (χ1v) is 14.9. The van der Waals surface area contributed by atoms with Crippen LogP contribution in [0.1, 0.15) is 95.8 Å². The van der Waals surface area contributed by atoms with Gasteiger partial charge in [0.2, 0.25) is 11.5 Å². The molecule has 0 saturated heterocycles. The van der Waals surface area contributed by atoms with Crippen LogP contribution in [0.3, 0.4) is 0 Å². The summed E-state index contributed by atoms with van der Waals surface area (Å²) in [6.07, 6.45) is 0.323. The highest BCUT2D eigenvalue weighted by Gasteiger charge is 2.59. The molecule has 230 valence electrons. The van der Waals surface area contributed by atoms with Gasteiger partial charge in [-0.25, -0.2) is 4.79 Å². The highest BCUT2D eigenvalue weighted by Crippen LogP contribution is 2.62. The quantitative estimate of drug-likeness (QED) is 0.283. The van der Waals surface area contributed by atoms with E-state index in [1.807, 2.05) is 30.3 Å². The molecule has 3 fully saturated rings. The normalized spacial score (nSPS) is 23.9. The molecule has 3 saturated carbocycles. The van der Waals surface area contributed by atoms with Gasteiger partial charge < -0.3 is 14.4 Å². The number of fused-ring (bicyclic) bond motifs is 2. The van der Waals surface area contributed by atoms with Crippen molar-refractivity contribution in [1.82, 2.24) is 10.1 Å². The molecule has 2 bridgehead atoms. The highest BCUT2D eigenvalue weighted by atomic mass is 19.4. The minimum atomic E-state index is -4.73. The first kappa shape index (κ1) is 29.7. The monoisotopic (exact) mass is 597 g/mol. The number of amides is 1. The Balaban J connectivity index is 1.30. The number of hydrogen-bond donors (Lipinski definition) is 1. The first-order valence-electron chi connectivity index (χ1n) is 14.9. The van der Waals surface area contributed by atoms with Crippen molar-refractivity contribution in [2.75, 3.05) is 11.4 Å². The van der Waals surface area contributed by atoms with Gasteiger partial charge in [-0.15, -0.1) is 0 Å². The summed E-state index contributed by atoms with van der Waals surface area (Å²) < 4.78 is 52.3. The summed E-state index contributed by atoms with van der Waals surface area (Å²) in [4.78, 5) is 19.8. The van der Waals surface area contributed by atoms with Gasteiger partial charge in [0, 0.05) is 18.2 Å². The van der Waals surface area contributed by atoms with E-state index in [0.717, 1.165) is 81.3 Å². The van der Waals surface area contributed by atoms with Crippen molar-refractivity contribution < 1.29 is 32.3 Å². The average Bonchev–Trinajstić information content (AvgIpc) is 3.38. The zero-order valence-corrected chi connectivity index (χ0v) is 25.0. The van der Waals surface area contributed by atoms with Crippen LogP contribution in [-0.4, -0.2) is 39.7 Å². The van der Waals surface area contributed by atoms with Gasteiger partial charge in [0.25, 0.3) is 0 Å². The molecule has 2 aromatic carbocycles. The molecule has 10 heteroatoms. The molecule has 43 heavy (non-hydrogen) atoms. The Morgan fingerprint density at radius 2 is 1.70 bits per heavy atom. The molecule has 1 aromatic heterocycles. The van der Waals surface area contributed by atoms with Crippen LogP contribution >= 0.6 is 0 Å². The summed E-state index contributed by atoms with van der Waals surface area (Å²) in [5.74, 6) is 1.79. The summed E-state index contributed by atoms with van der Waals surface area (Å²) in [5.41, 5.74) is -1.41. The molecular formula is C33H38F3N3O4. The maximum atomic E-state index is 13.8. The molecule has 0 spiro atoms. The molecule has 1 amide bonds. The van der Waals surface area contributed by atoms with E-state index in [1.165, 1.54) is 4.90 Å². The second kappa shape index (κ2) is 10.1. The molecule has 3 aromatic rings. The van der Waals surface area contributed by atoms with Crippen molar-refractivity contribution in [2.45, 2.75) is 101 Å². The van der Waals surface area contributed by atoms with Crippen molar-refractivity contribution in [3.8, 4) is 11.1 Å². The number of carbonyl (C=O) groups is 1. The third-order valence-corrected chi connectivity index (χ3v) is 9.64. The van der Waals surface area contributed by atoms with Crippen LogP contribution in [0, 0.1) is 5.41 Å². The summed E-state index contributed by atoms with van der Waals surface area (Å²) in [6.45, 7) is 5.36. The molecule has 3 aliphatic carbocycles. The number of aromatic nitrogens is 2. The number of halogens is 3. The molecule has 0 atom stereocenters. The Morgan fingerprint density at radius 3 is 2.30 bits per heavy atom. The van der Waals surface area contributed by atoms with Crippen molar-refractivity contribution >= 4 is 11.8 Å². The number of rotatable bonds is 8. The fourth-order valence-electron chi connectivity index (χ4n) is 6.64. The van der Waals surface area contributed by atoms with Crippen molar-refractivity contribution in [3.63, 3.8) is 0 Å². The van der Waals surface area contributed by atoms with Gasteiger partial charge in [-0.05, 0) is 107 Å². The molecule has 1 heterocycles. The number of carbonyl (C=O) groups excluding carboxylic acids is 1.